The van der Waals surface area contributed by atoms with Crippen molar-refractivity contribution in [1.29, 1.82) is 0 Å². The van der Waals surface area contributed by atoms with Gasteiger partial charge in [-0.3, -0.25) is 0 Å². The van der Waals surface area contributed by atoms with Crippen LogP contribution in [0.4, 0.5) is 0 Å². The van der Waals surface area contributed by atoms with Gasteiger partial charge in [-0.1, -0.05) is 200 Å². The van der Waals surface area contributed by atoms with Gasteiger partial charge in [-0.15, -0.1) is 0 Å². The smallest absolute Gasteiger partial charge is 0.164 e. The maximum absolute atomic E-state index is 5.40. The van der Waals surface area contributed by atoms with Crippen molar-refractivity contribution in [2.45, 2.75) is 0 Å². The van der Waals surface area contributed by atoms with E-state index in [2.05, 4.69) is 180 Å². The van der Waals surface area contributed by atoms with Gasteiger partial charge in [-0.2, -0.15) is 0 Å². The number of fused-ring (bicyclic) bond motifs is 8. The molecule has 0 amide bonds. The Balaban J connectivity index is 0.848. The number of aromatic nitrogens is 5. The molecule has 0 bridgehead atoms. The fourth-order valence-electron chi connectivity index (χ4n) is 9.75. The van der Waals surface area contributed by atoms with Crippen LogP contribution in [0.3, 0.4) is 0 Å². The predicted molar refractivity (Wildman–Crippen MR) is 277 cm³/mol. The van der Waals surface area contributed by atoms with Gasteiger partial charge < -0.3 is 4.57 Å². The summed E-state index contributed by atoms with van der Waals surface area (Å²) in [5, 5.41) is 8.43. The lowest BCUT2D eigenvalue weighted by Crippen LogP contribution is -2.00. The molecule has 0 radical (unpaired) electrons. The largest absolute Gasteiger partial charge is 0.309 e. The number of rotatable bonds is 7. The first kappa shape index (κ1) is 38.4. The first-order valence-corrected chi connectivity index (χ1v) is 22.6. The highest BCUT2D eigenvalue weighted by atomic mass is 15.0. The summed E-state index contributed by atoms with van der Waals surface area (Å²) in [6.45, 7) is 0. The highest BCUT2D eigenvalue weighted by Gasteiger charge is 2.17. The normalized spacial score (nSPS) is 11.6. The molecule has 3 aromatic heterocycles. The highest BCUT2D eigenvalue weighted by molar-refractivity contribution is 6.23. The van der Waals surface area contributed by atoms with E-state index in [9.17, 15) is 0 Å². The first-order chi connectivity index (χ1) is 33.2. The molecule has 0 aliphatic carbocycles. The van der Waals surface area contributed by atoms with Crippen molar-refractivity contribution in [3.63, 3.8) is 0 Å². The Morgan fingerprint density at radius 1 is 0.269 bits per heavy atom. The minimum Gasteiger partial charge on any atom is -0.309 e. The number of para-hydroxylation sites is 2. The second-order valence-electron chi connectivity index (χ2n) is 17.0. The van der Waals surface area contributed by atoms with Gasteiger partial charge in [0.1, 0.15) is 0 Å². The van der Waals surface area contributed by atoms with Gasteiger partial charge in [0.05, 0.1) is 22.2 Å². The lowest BCUT2D eigenvalue weighted by atomic mass is 9.93. The molecule has 67 heavy (non-hydrogen) atoms. The van der Waals surface area contributed by atoms with Crippen molar-refractivity contribution in [3.05, 3.63) is 237 Å². The molecule has 0 aliphatic heterocycles. The third-order valence-electron chi connectivity index (χ3n) is 13.1. The maximum Gasteiger partial charge on any atom is 0.164 e. The van der Waals surface area contributed by atoms with Crippen LogP contribution in [0.1, 0.15) is 0 Å². The Morgan fingerprint density at radius 2 is 0.716 bits per heavy atom. The molecule has 10 aromatic carbocycles. The fourth-order valence-corrected chi connectivity index (χ4v) is 9.75. The Hall–Kier alpha value is -9.06. The third kappa shape index (κ3) is 6.72. The van der Waals surface area contributed by atoms with E-state index in [-0.39, 0.29) is 0 Å². The molecule has 0 N–H and O–H groups in total. The van der Waals surface area contributed by atoms with Gasteiger partial charge in [0.15, 0.2) is 17.5 Å². The summed E-state index contributed by atoms with van der Waals surface area (Å²) in [6, 6.07) is 83.6. The minimum atomic E-state index is 0.636. The number of hydrogen-bond acceptors (Lipinski definition) is 4. The Bertz CT molecular complexity index is 3880. The van der Waals surface area contributed by atoms with Crippen molar-refractivity contribution in [1.82, 2.24) is 24.5 Å². The Labute approximate surface area is 387 Å². The van der Waals surface area contributed by atoms with E-state index in [0.717, 1.165) is 72.2 Å². The summed E-state index contributed by atoms with van der Waals surface area (Å²) >= 11 is 0. The minimum absolute atomic E-state index is 0.636. The zero-order valence-electron chi connectivity index (χ0n) is 36.3. The van der Waals surface area contributed by atoms with Crippen LogP contribution in [0.15, 0.2) is 237 Å². The van der Waals surface area contributed by atoms with Crippen LogP contribution in [0.5, 0.6) is 0 Å². The average Bonchev–Trinajstić information content (AvgIpc) is 3.75. The monoisotopic (exact) mass is 853 g/mol. The molecule has 5 nitrogen and oxygen atoms in total. The van der Waals surface area contributed by atoms with Crippen LogP contribution in [0.2, 0.25) is 0 Å². The van der Waals surface area contributed by atoms with Gasteiger partial charge in [0.2, 0.25) is 0 Å². The summed E-state index contributed by atoms with van der Waals surface area (Å²) < 4.78 is 2.37. The molecule has 3 heterocycles. The molecule has 13 rings (SSSR count). The average molecular weight is 854 g/mol. The van der Waals surface area contributed by atoms with E-state index in [1.165, 1.54) is 38.0 Å². The molecule has 312 valence electrons. The zero-order valence-corrected chi connectivity index (χ0v) is 36.3. The van der Waals surface area contributed by atoms with Crippen LogP contribution in [0.25, 0.3) is 128 Å². The summed E-state index contributed by atoms with van der Waals surface area (Å²) in [5.41, 5.74) is 13.9. The van der Waals surface area contributed by atoms with Crippen LogP contribution in [-0.2, 0) is 0 Å². The van der Waals surface area contributed by atoms with E-state index in [4.69, 9.17) is 19.9 Å². The number of pyridine rings is 1. The fraction of sp³-hybridized carbons (Fsp3) is 0. The lowest BCUT2D eigenvalue weighted by molar-refractivity contribution is 1.07. The van der Waals surface area contributed by atoms with E-state index in [0.29, 0.717) is 17.5 Å². The molecule has 0 spiro atoms. The van der Waals surface area contributed by atoms with Gasteiger partial charge in [0.25, 0.3) is 0 Å². The molecule has 0 saturated heterocycles. The first-order valence-electron chi connectivity index (χ1n) is 22.6. The quantitative estimate of drug-likeness (QED) is 0.150. The second-order valence-corrected chi connectivity index (χ2v) is 17.0. The summed E-state index contributed by atoms with van der Waals surface area (Å²) in [6.07, 6.45) is 0. The number of benzene rings is 10. The van der Waals surface area contributed by atoms with E-state index >= 15 is 0 Å². The molecule has 13 aromatic rings. The number of nitrogens with zero attached hydrogens (tertiary/aromatic N) is 5. The Morgan fingerprint density at radius 3 is 1.31 bits per heavy atom. The third-order valence-corrected chi connectivity index (χ3v) is 13.1. The van der Waals surface area contributed by atoms with Crippen LogP contribution in [0, 0.1) is 0 Å². The molecule has 5 heteroatoms. The van der Waals surface area contributed by atoms with Crippen LogP contribution < -0.4 is 0 Å². The Kier molecular flexibility index (Phi) is 9.10. The maximum atomic E-state index is 5.40. The standard InChI is InChI=1S/C62H39N5/c1-3-14-45(15-4-1)60-64-61(46-16-5-2-6-17-46)66-62(65-60)47-29-25-41(26-30-47)40-23-27-44(28-24-40)59-53-37-33-43-13-7-8-18-50(43)58(53)54-39-48(34-38-55(54)63-59)42-31-35-49(36-32-42)67-56-21-11-9-19-51(56)52-20-10-12-22-57(52)67/h1-39H. The molecule has 0 saturated carbocycles. The van der Waals surface area contributed by atoms with Gasteiger partial charge in [-0.05, 0) is 69.4 Å². The van der Waals surface area contributed by atoms with Crippen molar-refractivity contribution >= 4 is 54.3 Å². The molecule has 0 aliphatic rings. The van der Waals surface area contributed by atoms with Crippen LogP contribution in [-0.4, -0.2) is 24.5 Å². The van der Waals surface area contributed by atoms with Gasteiger partial charge in [-0.25, -0.2) is 19.9 Å². The summed E-state index contributed by atoms with van der Waals surface area (Å²) in [4.78, 5) is 20.1. The second kappa shape index (κ2) is 15.9. The van der Waals surface area contributed by atoms with Gasteiger partial charge >= 0.3 is 0 Å². The molecule has 0 fully saturated rings. The van der Waals surface area contributed by atoms with Crippen molar-refractivity contribution in [2.75, 3.05) is 0 Å². The topological polar surface area (TPSA) is 56.5 Å². The zero-order chi connectivity index (χ0) is 44.3. The SMILES string of the molecule is c1ccc(-c2nc(-c3ccccc3)nc(-c3ccc(-c4ccc(-c5nc6ccc(-c7ccc(-n8c9ccccc9c9ccccc98)cc7)cc6c6c5ccc5ccccc56)cc4)cc3)n2)cc1. The van der Waals surface area contributed by atoms with E-state index in [1.807, 2.05) is 60.7 Å². The van der Waals surface area contributed by atoms with E-state index in [1.54, 1.807) is 0 Å². The number of hydrogen-bond donors (Lipinski definition) is 0. The summed E-state index contributed by atoms with van der Waals surface area (Å²) in [7, 11) is 0. The lowest BCUT2D eigenvalue weighted by Gasteiger charge is -2.15. The van der Waals surface area contributed by atoms with Gasteiger partial charge in [0, 0.05) is 54.9 Å². The molecular weight excluding hydrogens is 815 g/mol. The molecule has 0 unspecified atom stereocenters. The molecular formula is C62H39N5. The van der Waals surface area contributed by atoms with E-state index < -0.39 is 0 Å². The van der Waals surface area contributed by atoms with Crippen LogP contribution >= 0.6 is 0 Å². The van der Waals surface area contributed by atoms with Crippen molar-refractivity contribution in [3.8, 4) is 73.4 Å². The molecule has 0 atom stereocenters. The van der Waals surface area contributed by atoms with Crippen molar-refractivity contribution < 1.29 is 0 Å². The predicted octanol–water partition coefficient (Wildman–Crippen LogP) is 15.8. The highest BCUT2D eigenvalue weighted by Crippen LogP contribution is 2.40. The van der Waals surface area contributed by atoms with Crippen molar-refractivity contribution in [2.24, 2.45) is 0 Å². The summed E-state index contributed by atoms with van der Waals surface area (Å²) in [5.74, 6) is 1.93.